The molecule has 0 aromatic heterocycles. The summed E-state index contributed by atoms with van der Waals surface area (Å²) in [6, 6.07) is -1.27. The van der Waals surface area contributed by atoms with Gasteiger partial charge in [-0.25, -0.2) is 4.79 Å². The Morgan fingerprint density at radius 1 is 1.41 bits per heavy atom. The summed E-state index contributed by atoms with van der Waals surface area (Å²) in [6.07, 6.45) is -0.550. The third-order valence-corrected chi connectivity index (χ3v) is 3.41. The van der Waals surface area contributed by atoms with E-state index in [-0.39, 0.29) is 31.7 Å². The Morgan fingerprint density at radius 3 is 2.64 bits per heavy atom. The summed E-state index contributed by atoms with van der Waals surface area (Å²) in [6.45, 7) is 0.941. The number of methoxy groups -OCH3 is 1. The van der Waals surface area contributed by atoms with Crippen LogP contribution in [0.4, 0.5) is 0 Å². The van der Waals surface area contributed by atoms with Gasteiger partial charge in [-0.2, -0.15) is 0 Å². The number of ether oxygens (including phenoxy) is 1. The number of amides is 2. The maximum Gasteiger partial charge on any atom is 0.326 e. The van der Waals surface area contributed by atoms with Gasteiger partial charge in [0.2, 0.25) is 11.8 Å². The zero-order valence-electron chi connectivity index (χ0n) is 12.3. The Kier molecular flexibility index (Phi) is 6.77. The van der Waals surface area contributed by atoms with Crippen LogP contribution in [0.2, 0.25) is 0 Å². The number of nitrogens with one attached hydrogen (secondary N) is 1. The fourth-order valence-corrected chi connectivity index (χ4v) is 2.18. The third-order valence-electron chi connectivity index (χ3n) is 3.41. The van der Waals surface area contributed by atoms with Crippen LogP contribution in [0.1, 0.15) is 19.3 Å². The van der Waals surface area contributed by atoms with Crippen molar-refractivity contribution in [2.24, 2.45) is 5.92 Å². The average molecular weight is 316 g/mol. The van der Waals surface area contributed by atoms with E-state index in [1.165, 1.54) is 12.0 Å². The number of carboxylic acid groups (broad SMARTS) is 2. The fourth-order valence-electron chi connectivity index (χ4n) is 2.18. The van der Waals surface area contributed by atoms with E-state index in [4.69, 9.17) is 14.9 Å². The monoisotopic (exact) mass is 316 g/mol. The second-order valence-electron chi connectivity index (χ2n) is 5.07. The van der Waals surface area contributed by atoms with Crippen molar-refractivity contribution in [3.8, 4) is 0 Å². The molecule has 9 heteroatoms. The minimum Gasteiger partial charge on any atom is -0.481 e. The molecule has 2 unspecified atom stereocenters. The third kappa shape index (κ3) is 5.32. The molecule has 1 saturated heterocycles. The highest BCUT2D eigenvalue weighted by Gasteiger charge is 2.35. The number of aliphatic carboxylic acids is 2. The van der Waals surface area contributed by atoms with Gasteiger partial charge in [-0.05, 0) is 6.42 Å². The van der Waals surface area contributed by atoms with Crippen molar-refractivity contribution in [1.82, 2.24) is 10.2 Å². The number of carbonyl (C=O) groups is 4. The van der Waals surface area contributed by atoms with Gasteiger partial charge in [0.15, 0.2) is 0 Å². The molecule has 0 bridgehead atoms. The van der Waals surface area contributed by atoms with Gasteiger partial charge in [0.05, 0.1) is 12.5 Å². The van der Waals surface area contributed by atoms with Crippen LogP contribution >= 0.6 is 0 Å². The van der Waals surface area contributed by atoms with E-state index in [0.717, 1.165) is 0 Å². The minimum absolute atomic E-state index is 0.0147. The number of likely N-dealkylation sites (tertiary alicyclic amines) is 1. The summed E-state index contributed by atoms with van der Waals surface area (Å²) in [7, 11) is 1.50. The largest absolute Gasteiger partial charge is 0.481 e. The van der Waals surface area contributed by atoms with Gasteiger partial charge in [-0.3, -0.25) is 14.4 Å². The molecule has 0 aromatic rings. The van der Waals surface area contributed by atoms with Crippen molar-refractivity contribution in [2.45, 2.75) is 25.3 Å². The van der Waals surface area contributed by atoms with Crippen LogP contribution in [-0.2, 0) is 23.9 Å². The second-order valence-corrected chi connectivity index (χ2v) is 5.07. The highest BCUT2D eigenvalue weighted by atomic mass is 16.5. The van der Waals surface area contributed by atoms with Crippen LogP contribution in [0, 0.1) is 5.92 Å². The van der Waals surface area contributed by atoms with Crippen molar-refractivity contribution in [3.63, 3.8) is 0 Å². The second kappa shape index (κ2) is 8.32. The quantitative estimate of drug-likeness (QED) is 0.492. The van der Waals surface area contributed by atoms with Crippen LogP contribution in [-0.4, -0.2) is 71.7 Å². The first-order valence-corrected chi connectivity index (χ1v) is 6.86. The molecule has 1 fully saturated rings. The number of hydrogen-bond acceptors (Lipinski definition) is 5. The molecule has 124 valence electrons. The van der Waals surface area contributed by atoms with Crippen molar-refractivity contribution >= 4 is 23.8 Å². The molecule has 3 N–H and O–H groups in total. The van der Waals surface area contributed by atoms with Crippen LogP contribution in [0.15, 0.2) is 0 Å². The maximum absolute atomic E-state index is 12.0. The van der Waals surface area contributed by atoms with E-state index in [1.54, 1.807) is 0 Å². The van der Waals surface area contributed by atoms with Crippen LogP contribution in [0.25, 0.3) is 0 Å². The molecule has 0 aromatic carbocycles. The number of nitrogens with zero attached hydrogens (tertiary/aromatic N) is 1. The fraction of sp³-hybridized carbons (Fsp3) is 0.692. The lowest BCUT2D eigenvalue weighted by molar-refractivity contribution is -0.143. The van der Waals surface area contributed by atoms with Gasteiger partial charge < -0.3 is 25.2 Å². The van der Waals surface area contributed by atoms with Gasteiger partial charge in [-0.15, -0.1) is 0 Å². The summed E-state index contributed by atoms with van der Waals surface area (Å²) in [5.74, 6) is -3.80. The first kappa shape index (κ1) is 17.9. The average Bonchev–Trinajstić information content (AvgIpc) is 2.81. The number of rotatable bonds is 9. The van der Waals surface area contributed by atoms with E-state index in [0.29, 0.717) is 13.2 Å². The van der Waals surface area contributed by atoms with Crippen molar-refractivity contribution in [1.29, 1.82) is 0 Å². The topological polar surface area (TPSA) is 133 Å². The molecule has 1 aliphatic rings. The first-order chi connectivity index (χ1) is 10.3. The minimum atomic E-state index is -1.30. The number of carbonyl (C=O) groups excluding carboxylic acids is 2. The standard InChI is InChI=1S/C13H20N2O7/c1-22-5-4-15-7-8(6-10(15)16)12(19)14-9(13(20)21)2-3-11(17)18/h8-9H,2-7H2,1H3,(H,14,19)(H,17,18)(H,20,21). The maximum atomic E-state index is 12.0. The molecular formula is C13H20N2O7. The van der Waals surface area contributed by atoms with E-state index in [1.807, 2.05) is 0 Å². The molecule has 1 heterocycles. The molecule has 9 nitrogen and oxygen atoms in total. The van der Waals surface area contributed by atoms with Gasteiger partial charge in [0, 0.05) is 33.0 Å². The summed E-state index contributed by atoms with van der Waals surface area (Å²) < 4.78 is 4.87. The van der Waals surface area contributed by atoms with E-state index in [2.05, 4.69) is 5.32 Å². The van der Waals surface area contributed by atoms with Crippen LogP contribution in [0.5, 0.6) is 0 Å². The lowest BCUT2D eigenvalue weighted by Crippen LogP contribution is -2.44. The molecule has 2 amide bonds. The smallest absolute Gasteiger partial charge is 0.326 e. The van der Waals surface area contributed by atoms with Crippen molar-refractivity contribution < 1.29 is 34.1 Å². The Morgan fingerprint density at radius 2 is 2.09 bits per heavy atom. The predicted octanol–water partition coefficient (Wildman–Crippen LogP) is -1.08. The van der Waals surface area contributed by atoms with E-state index < -0.39 is 29.8 Å². The molecule has 0 radical (unpaired) electrons. The summed E-state index contributed by atoms with van der Waals surface area (Å²) in [5, 5.41) is 19.9. The zero-order valence-corrected chi connectivity index (χ0v) is 12.3. The Bertz CT molecular complexity index is 452. The normalized spacial score (nSPS) is 19.0. The van der Waals surface area contributed by atoms with E-state index >= 15 is 0 Å². The lowest BCUT2D eigenvalue weighted by atomic mass is 10.1. The van der Waals surface area contributed by atoms with Gasteiger partial charge in [0.25, 0.3) is 0 Å². The lowest BCUT2D eigenvalue weighted by Gasteiger charge is -2.18. The van der Waals surface area contributed by atoms with Crippen LogP contribution in [0.3, 0.4) is 0 Å². The predicted molar refractivity (Wildman–Crippen MR) is 73.0 cm³/mol. The summed E-state index contributed by atoms with van der Waals surface area (Å²) >= 11 is 0. The molecule has 2 atom stereocenters. The van der Waals surface area contributed by atoms with Crippen LogP contribution < -0.4 is 5.32 Å². The molecule has 1 rings (SSSR count). The van der Waals surface area contributed by atoms with Crippen molar-refractivity contribution in [3.05, 3.63) is 0 Å². The number of carboxylic acids is 2. The zero-order chi connectivity index (χ0) is 16.7. The molecule has 0 aliphatic carbocycles. The molecule has 1 aliphatic heterocycles. The first-order valence-electron chi connectivity index (χ1n) is 6.86. The molecule has 22 heavy (non-hydrogen) atoms. The highest BCUT2D eigenvalue weighted by Crippen LogP contribution is 2.18. The van der Waals surface area contributed by atoms with Crippen molar-refractivity contribution in [2.75, 3.05) is 26.8 Å². The summed E-state index contributed by atoms with van der Waals surface area (Å²) in [5.41, 5.74) is 0. The van der Waals surface area contributed by atoms with Gasteiger partial charge in [0.1, 0.15) is 6.04 Å². The Balaban J connectivity index is 2.54. The molecule has 0 spiro atoms. The van der Waals surface area contributed by atoms with E-state index in [9.17, 15) is 19.2 Å². The summed E-state index contributed by atoms with van der Waals surface area (Å²) in [4.78, 5) is 46.8. The highest BCUT2D eigenvalue weighted by molar-refractivity contribution is 5.91. The Labute approximate surface area is 127 Å². The molecular weight excluding hydrogens is 296 g/mol. The van der Waals surface area contributed by atoms with Gasteiger partial charge >= 0.3 is 11.9 Å². The molecule has 0 saturated carbocycles. The Hall–Kier alpha value is -2.16. The van der Waals surface area contributed by atoms with Gasteiger partial charge in [-0.1, -0.05) is 0 Å². The number of hydrogen-bond donors (Lipinski definition) is 3. The SMILES string of the molecule is COCCN1CC(C(=O)NC(CCC(=O)O)C(=O)O)CC1=O.